The molecular weight excluding hydrogens is 127 g/mol. The van der Waals surface area contributed by atoms with E-state index in [1.54, 1.807) is 0 Å². The summed E-state index contributed by atoms with van der Waals surface area (Å²) in [5.74, 6) is 0. The van der Waals surface area contributed by atoms with Crippen LogP contribution in [0, 0.1) is 34.6 Å². The van der Waals surface area contributed by atoms with Gasteiger partial charge in [0.05, 0.1) is 0 Å². The Labute approximate surface area is 81.5 Å². The molecule has 0 aromatic heterocycles. The first kappa shape index (κ1) is 10.9. The van der Waals surface area contributed by atoms with Gasteiger partial charge in [0.15, 0.2) is 0 Å². The van der Waals surface area contributed by atoms with Crippen molar-refractivity contribution in [1.29, 1.82) is 0 Å². The Balaban J connectivity index is 0.000001000. The third kappa shape index (κ3) is 1.58. The Morgan fingerprint density at radius 2 is 1.09 bits per heavy atom. The molecule has 1 aromatic rings. The monoisotopic (exact) mass is 142 g/mol. The Hall–Kier alpha value is -0.0526. The van der Waals surface area contributed by atoms with E-state index in [1.165, 1.54) is 27.8 Å². The first-order valence-electron chi connectivity index (χ1n) is 3.75. The first-order chi connectivity index (χ1) is 4.55. The molecule has 0 saturated heterocycles. The SMILES string of the molecule is Cc1c(C)c(C)[c-](C)c1C.[Li+]. The molecule has 11 heavy (non-hydrogen) atoms. The molecular formula is C10H15Li. The summed E-state index contributed by atoms with van der Waals surface area (Å²) in [6, 6.07) is 0. The Morgan fingerprint density at radius 1 is 0.818 bits per heavy atom. The Morgan fingerprint density at radius 3 is 1.18 bits per heavy atom. The van der Waals surface area contributed by atoms with E-state index in [-0.39, 0.29) is 18.9 Å². The predicted molar refractivity (Wildman–Crippen MR) is 45.7 cm³/mol. The summed E-state index contributed by atoms with van der Waals surface area (Å²) < 4.78 is 0. The summed E-state index contributed by atoms with van der Waals surface area (Å²) in [6.45, 7) is 11.0. The molecule has 0 spiro atoms. The van der Waals surface area contributed by atoms with Crippen molar-refractivity contribution >= 4 is 0 Å². The second-order valence-electron chi connectivity index (χ2n) is 3.12. The average molecular weight is 142 g/mol. The second kappa shape index (κ2) is 3.56. The normalized spacial score (nSPS) is 9.55. The van der Waals surface area contributed by atoms with Crippen LogP contribution in [-0.4, -0.2) is 0 Å². The van der Waals surface area contributed by atoms with Crippen LogP contribution in [0.4, 0.5) is 0 Å². The van der Waals surface area contributed by atoms with Crippen LogP contribution in [0.5, 0.6) is 0 Å². The summed E-state index contributed by atoms with van der Waals surface area (Å²) in [7, 11) is 0. The molecule has 0 fully saturated rings. The van der Waals surface area contributed by atoms with E-state index in [4.69, 9.17) is 0 Å². The standard InChI is InChI=1S/C10H15.Li/c1-6-7(2)9(4)10(5)8(6)3;/h1-5H3;/q-1;+1. The maximum atomic E-state index is 2.20. The van der Waals surface area contributed by atoms with Crippen molar-refractivity contribution in [3.63, 3.8) is 0 Å². The van der Waals surface area contributed by atoms with Crippen molar-refractivity contribution in [3.05, 3.63) is 27.8 Å². The summed E-state index contributed by atoms with van der Waals surface area (Å²) in [5, 5.41) is 0. The van der Waals surface area contributed by atoms with Crippen LogP contribution in [0.1, 0.15) is 27.8 Å². The van der Waals surface area contributed by atoms with Gasteiger partial charge in [0.2, 0.25) is 0 Å². The zero-order valence-electron chi connectivity index (χ0n) is 8.50. The van der Waals surface area contributed by atoms with Crippen LogP contribution in [0.15, 0.2) is 0 Å². The minimum Gasteiger partial charge on any atom is -0.196 e. The molecule has 0 radical (unpaired) electrons. The van der Waals surface area contributed by atoms with Gasteiger partial charge in [-0.25, -0.2) is 0 Å². The van der Waals surface area contributed by atoms with Crippen molar-refractivity contribution in [1.82, 2.24) is 0 Å². The van der Waals surface area contributed by atoms with Crippen molar-refractivity contribution in [2.24, 2.45) is 0 Å². The van der Waals surface area contributed by atoms with E-state index in [0.29, 0.717) is 0 Å². The Bertz CT molecular complexity index is 176. The van der Waals surface area contributed by atoms with Gasteiger partial charge >= 0.3 is 18.9 Å². The molecule has 0 amide bonds. The number of hydrogen-bond acceptors (Lipinski definition) is 0. The van der Waals surface area contributed by atoms with Crippen LogP contribution in [0.2, 0.25) is 0 Å². The second-order valence-corrected chi connectivity index (χ2v) is 3.12. The molecule has 0 aliphatic rings. The van der Waals surface area contributed by atoms with Crippen LogP contribution in [-0.2, 0) is 0 Å². The fraction of sp³-hybridized carbons (Fsp3) is 0.500. The molecule has 0 atom stereocenters. The van der Waals surface area contributed by atoms with Gasteiger partial charge in [-0.05, 0) is 0 Å². The molecule has 0 nitrogen and oxygen atoms in total. The van der Waals surface area contributed by atoms with Gasteiger partial charge in [0.1, 0.15) is 0 Å². The maximum Gasteiger partial charge on any atom is 1.00 e. The van der Waals surface area contributed by atoms with Gasteiger partial charge < -0.3 is 0 Å². The number of rotatable bonds is 0. The zero-order valence-corrected chi connectivity index (χ0v) is 8.50. The predicted octanol–water partition coefficient (Wildman–Crippen LogP) is -0.0484. The van der Waals surface area contributed by atoms with E-state index in [2.05, 4.69) is 34.6 Å². The van der Waals surface area contributed by atoms with Crippen molar-refractivity contribution in [3.8, 4) is 0 Å². The van der Waals surface area contributed by atoms with Crippen LogP contribution < -0.4 is 18.9 Å². The van der Waals surface area contributed by atoms with E-state index in [1.807, 2.05) is 0 Å². The number of hydrogen-bond donors (Lipinski definition) is 0. The third-order valence-corrected chi connectivity index (χ3v) is 2.81. The smallest absolute Gasteiger partial charge is 0.196 e. The molecule has 0 heterocycles. The molecule has 0 saturated carbocycles. The molecule has 0 aliphatic carbocycles. The van der Waals surface area contributed by atoms with Crippen molar-refractivity contribution in [2.45, 2.75) is 34.6 Å². The molecule has 1 aromatic carbocycles. The van der Waals surface area contributed by atoms with Gasteiger partial charge in [-0.15, -0.1) is 0 Å². The molecule has 0 N–H and O–H groups in total. The first-order valence-corrected chi connectivity index (χ1v) is 3.75. The third-order valence-electron chi connectivity index (χ3n) is 2.81. The molecule has 0 aliphatic heterocycles. The van der Waals surface area contributed by atoms with Crippen LogP contribution >= 0.6 is 0 Å². The van der Waals surface area contributed by atoms with Gasteiger partial charge in [-0.1, -0.05) is 34.6 Å². The van der Waals surface area contributed by atoms with Crippen molar-refractivity contribution in [2.75, 3.05) is 0 Å². The minimum absolute atomic E-state index is 0. The fourth-order valence-corrected chi connectivity index (χ4v) is 1.41. The largest absolute Gasteiger partial charge is 1.00 e. The molecule has 1 rings (SSSR count). The average Bonchev–Trinajstić information content (AvgIpc) is 2.07. The fourth-order valence-electron chi connectivity index (χ4n) is 1.41. The maximum absolute atomic E-state index is 2.20. The van der Waals surface area contributed by atoms with E-state index in [0.717, 1.165) is 0 Å². The quantitative estimate of drug-likeness (QED) is 0.352. The summed E-state index contributed by atoms with van der Waals surface area (Å²) in [5.41, 5.74) is 7.34. The van der Waals surface area contributed by atoms with Gasteiger partial charge in [-0.2, -0.15) is 27.8 Å². The zero-order chi connectivity index (χ0) is 7.89. The van der Waals surface area contributed by atoms with Crippen LogP contribution in [0.25, 0.3) is 0 Å². The molecule has 0 bridgehead atoms. The van der Waals surface area contributed by atoms with Crippen molar-refractivity contribution < 1.29 is 18.9 Å². The van der Waals surface area contributed by atoms with Crippen LogP contribution in [0.3, 0.4) is 0 Å². The minimum atomic E-state index is 0. The Kier molecular flexibility index (Phi) is 3.55. The van der Waals surface area contributed by atoms with Gasteiger partial charge in [0.25, 0.3) is 0 Å². The topological polar surface area (TPSA) is 0 Å². The van der Waals surface area contributed by atoms with E-state index < -0.39 is 0 Å². The van der Waals surface area contributed by atoms with Gasteiger partial charge in [0, 0.05) is 0 Å². The summed E-state index contributed by atoms with van der Waals surface area (Å²) in [4.78, 5) is 0. The van der Waals surface area contributed by atoms with E-state index >= 15 is 0 Å². The van der Waals surface area contributed by atoms with Gasteiger partial charge in [-0.3, -0.25) is 0 Å². The molecule has 0 unspecified atom stereocenters. The summed E-state index contributed by atoms with van der Waals surface area (Å²) in [6.07, 6.45) is 0. The molecule has 1 heteroatoms. The van der Waals surface area contributed by atoms with E-state index in [9.17, 15) is 0 Å². The molecule has 56 valence electrons. The summed E-state index contributed by atoms with van der Waals surface area (Å²) >= 11 is 0.